The van der Waals surface area contributed by atoms with E-state index in [9.17, 15) is 4.79 Å². The summed E-state index contributed by atoms with van der Waals surface area (Å²) in [5, 5.41) is 2.97. The van der Waals surface area contributed by atoms with E-state index in [0.29, 0.717) is 0 Å². The van der Waals surface area contributed by atoms with Crippen molar-refractivity contribution in [2.45, 2.75) is 37.9 Å². The van der Waals surface area contributed by atoms with Gasteiger partial charge in [-0.1, -0.05) is 19.9 Å². The second-order valence-electron chi connectivity index (χ2n) is 3.63. The first-order valence-corrected chi connectivity index (χ1v) is 7.28. The minimum absolute atomic E-state index is 0.0708. The first kappa shape index (κ1) is 11.5. The van der Waals surface area contributed by atoms with Crippen LogP contribution in [-0.4, -0.2) is 27.2 Å². The smallest absolute Gasteiger partial charge is 0.243 e. The fraction of sp³-hybridized carbons (Fsp3) is 0.700. The van der Waals surface area contributed by atoms with Crippen molar-refractivity contribution in [3.63, 3.8) is 0 Å². The van der Waals surface area contributed by atoms with Crippen molar-refractivity contribution in [3.05, 3.63) is 12.7 Å². The molecule has 0 aliphatic carbocycles. The topological polar surface area (TPSA) is 38.3 Å². The standard InChI is InChI=1S/C10H19NO2Si/c1-3-9(12)11-10(4-2)14-8-6-5-7-13-14/h3,10,14H,1,4-8H2,2H3,(H,11,12). The Balaban J connectivity index is 2.42. The highest BCUT2D eigenvalue weighted by molar-refractivity contribution is 6.54. The SMILES string of the molecule is C=CC(=O)NC(CC)[SiH]1CCCCO1. The molecule has 0 spiro atoms. The van der Waals surface area contributed by atoms with Crippen molar-refractivity contribution < 1.29 is 9.22 Å². The number of carbonyl (C=O) groups is 1. The maximum absolute atomic E-state index is 11.2. The van der Waals surface area contributed by atoms with Crippen molar-refractivity contribution in [1.82, 2.24) is 5.32 Å². The van der Waals surface area contributed by atoms with Crippen LogP contribution in [0.5, 0.6) is 0 Å². The van der Waals surface area contributed by atoms with E-state index in [1.807, 2.05) is 0 Å². The lowest BCUT2D eigenvalue weighted by Gasteiger charge is -2.28. The fourth-order valence-corrected chi connectivity index (χ4v) is 4.62. The van der Waals surface area contributed by atoms with Crippen LogP contribution in [0.2, 0.25) is 6.04 Å². The van der Waals surface area contributed by atoms with E-state index in [-0.39, 0.29) is 11.6 Å². The van der Waals surface area contributed by atoms with E-state index in [0.717, 1.165) is 13.0 Å². The molecule has 1 aliphatic rings. The minimum atomic E-state index is -1.19. The maximum atomic E-state index is 11.2. The molecule has 3 nitrogen and oxygen atoms in total. The average Bonchev–Trinajstić information content (AvgIpc) is 2.26. The van der Waals surface area contributed by atoms with Gasteiger partial charge in [0.1, 0.15) is 0 Å². The molecule has 4 heteroatoms. The molecular weight excluding hydrogens is 194 g/mol. The highest BCUT2D eigenvalue weighted by Gasteiger charge is 2.25. The summed E-state index contributed by atoms with van der Waals surface area (Å²) in [6.45, 7) is 6.44. The third kappa shape index (κ3) is 3.27. The van der Waals surface area contributed by atoms with Gasteiger partial charge in [-0.05, 0) is 25.0 Å². The minimum Gasteiger partial charge on any atom is -0.418 e. The summed E-state index contributed by atoms with van der Waals surface area (Å²) in [7, 11) is -1.19. The Kier molecular flexibility index (Phi) is 4.90. The quantitative estimate of drug-likeness (QED) is 0.562. The summed E-state index contributed by atoms with van der Waals surface area (Å²) in [5.74, 6) is -0.0708. The summed E-state index contributed by atoms with van der Waals surface area (Å²) in [5.41, 5.74) is 0.279. The zero-order valence-electron chi connectivity index (χ0n) is 8.79. The average molecular weight is 213 g/mol. The predicted octanol–water partition coefficient (Wildman–Crippen LogP) is 1.14. The Labute approximate surface area is 87.3 Å². The van der Waals surface area contributed by atoms with Gasteiger partial charge >= 0.3 is 0 Å². The lowest BCUT2D eigenvalue weighted by molar-refractivity contribution is -0.116. The summed E-state index contributed by atoms with van der Waals surface area (Å²) in [4.78, 5) is 11.2. The van der Waals surface area contributed by atoms with Crippen molar-refractivity contribution in [1.29, 1.82) is 0 Å². The first-order chi connectivity index (χ1) is 6.77. The lowest BCUT2D eigenvalue weighted by Crippen LogP contribution is -2.48. The molecule has 0 saturated carbocycles. The molecule has 1 N–H and O–H groups in total. The van der Waals surface area contributed by atoms with Gasteiger partial charge in [-0.2, -0.15) is 0 Å². The van der Waals surface area contributed by atoms with E-state index in [1.54, 1.807) is 0 Å². The van der Waals surface area contributed by atoms with Gasteiger partial charge in [0.2, 0.25) is 5.91 Å². The maximum Gasteiger partial charge on any atom is 0.243 e. The molecule has 2 unspecified atom stereocenters. The van der Waals surface area contributed by atoms with Gasteiger partial charge < -0.3 is 9.74 Å². The molecule has 0 aromatic heterocycles. The molecule has 0 bridgehead atoms. The van der Waals surface area contributed by atoms with E-state index >= 15 is 0 Å². The zero-order chi connectivity index (χ0) is 10.4. The molecule has 1 heterocycles. The molecule has 1 aliphatic heterocycles. The van der Waals surface area contributed by atoms with Crippen LogP contribution in [0, 0.1) is 0 Å². The van der Waals surface area contributed by atoms with Crippen molar-refractivity contribution >= 4 is 14.9 Å². The molecule has 14 heavy (non-hydrogen) atoms. The first-order valence-electron chi connectivity index (χ1n) is 5.32. The van der Waals surface area contributed by atoms with Gasteiger partial charge in [-0.25, -0.2) is 0 Å². The van der Waals surface area contributed by atoms with Crippen LogP contribution in [-0.2, 0) is 9.22 Å². The van der Waals surface area contributed by atoms with Crippen molar-refractivity contribution in [2.75, 3.05) is 6.61 Å². The molecule has 1 rings (SSSR count). The van der Waals surface area contributed by atoms with Gasteiger partial charge in [-0.15, -0.1) is 0 Å². The second kappa shape index (κ2) is 5.98. The number of hydrogen-bond donors (Lipinski definition) is 1. The van der Waals surface area contributed by atoms with Crippen LogP contribution in [0.15, 0.2) is 12.7 Å². The van der Waals surface area contributed by atoms with E-state index in [2.05, 4.69) is 18.8 Å². The Hall–Kier alpha value is -0.613. The third-order valence-corrected chi connectivity index (χ3v) is 5.79. The highest BCUT2D eigenvalue weighted by atomic mass is 28.3. The van der Waals surface area contributed by atoms with Crippen LogP contribution < -0.4 is 5.32 Å². The monoisotopic (exact) mass is 213 g/mol. The highest BCUT2D eigenvalue weighted by Crippen LogP contribution is 2.15. The third-order valence-electron chi connectivity index (χ3n) is 2.62. The number of hydrogen-bond acceptors (Lipinski definition) is 2. The van der Waals surface area contributed by atoms with E-state index in [1.165, 1.54) is 25.0 Å². The Morgan fingerprint density at radius 3 is 3.00 bits per heavy atom. The normalized spacial score (nSPS) is 23.9. The molecule has 0 aromatic carbocycles. The number of rotatable bonds is 4. The van der Waals surface area contributed by atoms with Crippen LogP contribution in [0.1, 0.15) is 26.2 Å². The molecule has 1 fully saturated rings. The summed E-state index contributed by atoms with van der Waals surface area (Å²) >= 11 is 0. The zero-order valence-corrected chi connectivity index (χ0v) is 9.95. The van der Waals surface area contributed by atoms with Gasteiger partial charge in [0.25, 0.3) is 0 Å². The number of carbonyl (C=O) groups excluding carboxylic acids is 1. The van der Waals surface area contributed by atoms with Crippen molar-refractivity contribution in [3.8, 4) is 0 Å². The Bertz CT molecular complexity index is 202. The molecule has 0 aromatic rings. The largest absolute Gasteiger partial charge is 0.418 e. The Morgan fingerprint density at radius 1 is 1.71 bits per heavy atom. The number of nitrogens with one attached hydrogen (secondary N) is 1. The van der Waals surface area contributed by atoms with Crippen molar-refractivity contribution in [2.24, 2.45) is 0 Å². The number of amides is 1. The molecule has 0 radical (unpaired) electrons. The van der Waals surface area contributed by atoms with Gasteiger partial charge in [0.05, 0.1) is 0 Å². The van der Waals surface area contributed by atoms with Gasteiger partial charge in [-0.3, -0.25) is 4.79 Å². The lowest BCUT2D eigenvalue weighted by atomic mass is 10.4. The predicted molar refractivity (Wildman–Crippen MR) is 59.6 cm³/mol. The van der Waals surface area contributed by atoms with Crippen LogP contribution in [0.4, 0.5) is 0 Å². The molecule has 1 amide bonds. The summed E-state index contributed by atoms with van der Waals surface area (Å²) in [6.07, 6.45) is 4.74. The van der Waals surface area contributed by atoms with Gasteiger partial charge in [0, 0.05) is 12.3 Å². The van der Waals surface area contributed by atoms with E-state index in [4.69, 9.17) is 4.43 Å². The molecule has 80 valence electrons. The molecular formula is C10H19NO2Si. The van der Waals surface area contributed by atoms with Crippen LogP contribution in [0.3, 0.4) is 0 Å². The molecule has 2 atom stereocenters. The molecule has 1 saturated heterocycles. The summed E-state index contributed by atoms with van der Waals surface area (Å²) in [6, 6.07) is 1.19. The Morgan fingerprint density at radius 2 is 2.50 bits per heavy atom. The van der Waals surface area contributed by atoms with Crippen LogP contribution in [0.25, 0.3) is 0 Å². The second-order valence-corrected chi connectivity index (χ2v) is 6.42. The summed E-state index contributed by atoms with van der Waals surface area (Å²) < 4.78 is 5.77. The fourth-order valence-electron chi connectivity index (χ4n) is 1.78. The van der Waals surface area contributed by atoms with Crippen LogP contribution >= 0.6 is 0 Å². The van der Waals surface area contributed by atoms with Gasteiger partial charge in [0.15, 0.2) is 9.04 Å². The van der Waals surface area contributed by atoms with E-state index < -0.39 is 9.04 Å².